The molecular formula is C8H15NO. The Labute approximate surface area is 62.6 Å². The molecule has 2 heteroatoms. The van der Waals surface area contributed by atoms with Crippen LogP contribution in [0.2, 0.25) is 0 Å². The molecule has 0 saturated carbocycles. The number of nitrogens with one attached hydrogen (secondary N) is 1. The van der Waals surface area contributed by atoms with Gasteiger partial charge in [-0.05, 0) is 20.8 Å². The molecule has 0 amide bonds. The van der Waals surface area contributed by atoms with E-state index in [0.29, 0.717) is 6.54 Å². The number of hydrogen-bond donors (Lipinski definition) is 2. The van der Waals surface area contributed by atoms with E-state index in [-0.39, 0.29) is 11.6 Å². The molecule has 0 aromatic rings. The Morgan fingerprint density at radius 1 is 1.70 bits per heavy atom. The van der Waals surface area contributed by atoms with Gasteiger partial charge in [0.2, 0.25) is 0 Å². The second-order valence-electron chi connectivity index (χ2n) is 2.96. The number of hydrogen-bond acceptors (Lipinski definition) is 2. The van der Waals surface area contributed by atoms with Crippen LogP contribution in [0, 0.1) is 12.3 Å². The van der Waals surface area contributed by atoms with Gasteiger partial charge in [0.05, 0.1) is 12.6 Å². The van der Waals surface area contributed by atoms with Crippen molar-refractivity contribution in [1.82, 2.24) is 5.32 Å². The van der Waals surface area contributed by atoms with Gasteiger partial charge in [-0.1, -0.05) is 5.92 Å². The van der Waals surface area contributed by atoms with Gasteiger partial charge in [0.1, 0.15) is 0 Å². The van der Waals surface area contributed by atoms with Gasteiger partial charge < -0.3 is 5.11 Å². The van der Waals surface area contributed by atoms with E-state index in [9.17, 15) is 5.11 Å². The summed E-state index contributed by atoms with van der Waals surface area (Å²) >= 11 is 0. The number of aliphatic hydroxyl groups excluding tert-OH is 1. The molecule has 0 saturated heterocycles. The minimum Gasteiger partial charge on any atom is -0.392 e. The molecule has 0 rings (SSSR count). The highest BCUT2D eigenvalue weighted by Crippen LogP contribution is 2.06. The summed E-state index contributed by atoms with van der Waals surface area (Å²) in [5, 5.41) is 12.2. The Kier molecular flexibility index (Phi) is 3.41. The van der Waals surface area contributed by atoms with E-state index in [0.717, 1.165) is 0 Å². The normalized spacial score (nSPS) is 14.3. The van der Waals surface area contributed by atoms with E-state index in [1.807, 2.05) is 13.8 Å². The highest BCUT2D eigenvalue weighted by atomic mass is 16.3. The quantitative estimate of drug-likeness (QED) is 0.556. The van der Waals surface area contributed by atoms with Crippen LogP contribution in [0.4, 0.5) is 0 Å². The van der Waals surface area contributed by atoms with Crippen molar-refractivity contribution in [3.63, 3.8) is 0 Å². The monoisotopic (exact) mass is 141 g/mol. The van der Waals surface area contributed by atoms with Crippen molar-refractivity contribution in [2.45, 2.75) is 32.4 Å². The van der Waals surface area contributed by atoms with E-state index in [1.54, 1.807) is 6.92 Å². The van der Waals surface area contributed by atoms with Gasteiger partial charge in [0.25, 0.3) is 0 Å². The fourth-order valence-electron chi connectivity index (χ4n) is 0.427. The van der Waals surface area contributed by atoms with Crippen LogP contribution >= 0.6 is 0 Å². The van der Waals surface area contributed by atoms with Crippen LogP contribution in [-0.2, 0) is 0 Å². The maximum Gasteiger partial charge on any atom is 0.0688 e. The largest absolute Gasteiger partial charge is 0.392 e. The van der Waals surface area contributed by atoms with Crippen molar-refractivity contribution >= 4 is 0 Å². The molecule has 2 N–H and O–H groups in total. The maximum atomic E-state index is 9.18. The molecule has 58 valence electrons. The Balaban J connectivity index is 3.77. The molecule has 0 radical (unpaired) electrons. The SMILES string of the molecule is C#CCNC(C)(C)C(C)O. The lowest BCUT2D eigenvalue weighted by molar-refractivity contribution is 0.0998. The third-order valence-corrected chi connectivity index (χ3v) is 1.69. The molecule has 0 fully saturated rings. The molecule has 1 atom stereocenters. The molecule has 0 aromatic heterocycles. The molecule has 10 heavy (non-hydrogen) atoms. The van der Waals surface area contributed by atoms with E-state index in [1.165, 1.54) is 0 Å². The molecule has 0 aliphatic heterocycles. The molecule has 1 unspecified atom stereocenters. The van der Waals surface area contributed by atoms with Crippen molar-refractivity contribution < 1.29 is 5.11 Å². The van der Waals surface area contributed by atoms with Crippen molar-refractivity contribution in [1.29, 1.82) is 0 Å². The highest BCUT2D eigenvalue weighted by molar-refractivity contribution is 4.92. The second-order valence-corrected chi connectivity index (χ2v) is 2.96. The van der Waals surface area contributed by atoms with Gasteiger partial charge in [0, 0.05) is 5.54 Å². The van der Waals surface area contributed by atoms with Gasteiger partial charge >= 0.3 is 0 Å². The van der Waals surface area contributed by atoms with Gasteiger partial charge in [-0.2, -0.15) is 0 Å². The number of terminal acetylenes is 1. The topological polar surface area (TPSA) is 32.3 Å². The average molecular weight is 141 g/mol. The summed E-state index contributed by atoms with van der Waals surface area (Å²) in [7, 11) is 0. The third kappa shape index (κ3) is 2.86. The van der Waals surface area contributed by atoms with Gasteiger partial charge in [-0.3, -0.25) is 5.32 Å². The highest BCUT2D eigenvalue weighted by Gasteiger charge is 2.21. The molecule has 0 aromatic carbocycles. The summed E-state index contributed by atoms with van der Waals surface area (Å²) in [4.78, 5) is 0. The van der Waals surface area contributed by atoms with Crippen molar-refractivity contribution in [3.05, 3.63) is 0 Å². The first-order chi connectivity index (χ1) is 4.50. The van der Waals surface area contributed by atoms with Crippen LogP contribution in [0.25, 0.3) is 0 Å². The Morgan fingerprint density at radius 2 is 2.20 bits per heavy atom. The van der Waals surface area contributed by atoms with Crippen LogP contribution in [0.5, 0.6) is 0 Å². The van der Waals surface area contributed by atoms with Gasteiger partial charge in [-0.15, -0.1) is 6.42 Å². The molecule has 0 spiro atoms. The number of aliphatic hydroxyl groups is 1. The Hall–Kier alpha value is -0.520. The number of rotatable bonds is 3. The van der Waals surface area contributed by atoms with Crippen LogP contribution < -0.4 is 5.32 Å². The lowest BCUT2D eigenvalue weighted by Gasteiger charge is -2.28. The van der Waals surface area contributed by atoms with E-state index < -0.39 is 0 Å². The van der Waals surface area contributed by atoms with E-state index in [4.69, 9.17) is 6.42 Å². The summed E-state index contributed by atoms with van der Waals surface area (Å²) in [6.07, 6.45) is 4.65. The summed E-state index contributed by atoms with van der Waals surface area (Å²) in [6, 6.07) is 0. The first-order valence-corrected chi connectivity index (χ1v) is 3.37. The maximum absolute atomic E-state index is 9.18. The predicted octanol–water partition coefficient (Wildman–Crippen LogP) is 0.369. The summed E-state index contributed by atoms with van der Waals surface area (Å²) in [5.41, 5.74) is -0.285. The van der Waals surface area contributed by atoms with Gasteiger partial charge in [0.15, 0.2) is 0 Å². The van der Waals surface area contributed by atoms with Crippen molar-refractivity contribution in [3.8, 4) is 12.3 Å². The van der Waals surface area contributed by atoms with Crippen LogP contribution in [-0.4, -0.2) is 23.3 Å². The summed E-state index contributed by atoms with van der Waals surface area (Å²) in [5.74, 6) is 2.46. The lowest BCUT2D eigenvalue weighted by atomic mass is 9.99. The van der Waals surface area contributed by atoms with Crippen molar-refractivity contribution in [2.24, 2.45) is 0 Å². The van der Waals surface area contributed by atoms with Gasteiger partial charge in [-0.25, -0.2) is 0 Å². The smallest absolute Gasteiger partial charge is 0.0688 e. The Morgan fingerprint density at radius 3 is 2.50 bits per heavy atom. The van der Waals surface area contributed by atoms with E-state index in [2.05, 4.69) is 11.2 Å². The molecule has 2 nitrogen and oxygen atoms in total. The third-order valence-electron chi connectivity index (χ3n) is 1.69. The first kappa shape index (κ1) is 9.48. The average Bonchev–Trinajstić information content (AvgIpc) is 1.84. The lowest BCUT2D eigenvalue weighted by Crippen LogP contribution is -2.48. The zero-order chi connectivity index (χ0) is 8.20. The summed E-state index contributed by atoms with van der Waals surface area (Å²) < 4.78 is 0. The molecular weight excluding hydrogens is 126 g/mol. The Bertz CT molecular complexity index is 133. The first-order valence-electron chi connectivity index (χ1n) is 3.37. The van der Waals surface area contributed by atoms with Crippen LogP contribution in [0.3, 0.4) is 0 Å². The zero-order valence-corrected chi connectivity index (χ0v) is 6.81. The molecule has 0 bridgehead atoms. The summed E-state index contributed by atoms with van der Waals surface area (Å²) in [6.45, 7) is 6.06. The second kappa shape index (κ2) is 3.60. The minimum atomic E-state index is -0.388. The molecule has 0 aliphatic rings. The van der Waals surface area contributed by atoms with E-state index >= 15 is 0 Å². The predicted molar refractivity (Wildman–Crippen MR) is 42.6 cm³/mol. The zero-order valence-electron chi connectivity index (χ0n) is 6.81. The fraction of sp³-hybridized carbons (Fsp3) is 0.750. The molecule has 0 heterocycles. The van der Waals surface area contributed by atoms with Crippen LogP contribution in [0.1, 0.15) is 20.8 Å². The molecule has 0 aliphatic carbocycles. The minimum absolute atomic E-state index is 0.285. The van der Waals surface area contributed by atoms with Crippen LogP contribution in [0.15, 0.2) is 0 Å². The van der Waals surface area contributed by atoms with Crippen molar-refractivity contribution in [2.75, 3.05) is 6.54 Å². The fourth-order valence-corrected chi connectivity index (χ4v) is 0.427. The standard InChI is InChI=1S/C8H15NO/c1-5-6-9-8(3,4)7(2)10/h1,7,9-10H,6H2,2-4H3.